The lowest BCUT2D eigenvalue weighted by Gasteiger charge is -2.39. The fourth-order valence-corrected chi connectivity index (χ4v) is 3.25. The molecule has 0 amide bonds. The lowest BCUT2D eigenvalue weighted by molar-refractivity contribution is 0.362. The van der Waals surface area contributed by atoms with Crippen molar-refractivity contribution in [1.82, 2.24) is 5.32 Å². The highest BCUT2D eigenvalue weighted by Crippen LogP contribution is 2.40. The molecule has 1 heterocycles. The van der Waals surface area contributed by atoms with E-state index in [1.165, 1.54) is 11.1 Å². The number of piperidine rings is 1. The molecule has 2 aromatic rings. The molecule has 0 saturated carbocycles. The predicted octanol–water partition coefficient (Wildman–Crippen LogP) is 4.43. The molecule has 20 heavy (non-hydrogen) atoms. The van der Waals surface area contributed by atoms with Gasteiger partial charge in [0.2, 0.25) is 0 Å². The third kappa shape index (κ3) is 2.85. The van der Waals surface area contributed by atoms with Crippen molar-refractivity contribution >= 4 is 24.0 Å². The lowest BCUT2D eigenvalue weighted by atomic mass is 9.68. The van der Waals surface area contributed by atoms with Crippen LogP contribution in [-0.2, 0) is 5.41 Å². The number of halogens is 2. The summed E-state index contributed by atoms with van der Waals surface area (Å²) in [6.45, 7) is 2.13. The molecule has 0 spiro atoms. The maximum atomic E-state index is 6.03. The van der Waals surface area contributed by atoms with Crippen LogP contribution in [0.1, 0.15) is 24.0 Å². The van der Waals surface area contributed by atoms with Crippen LogP contribution in [0.2, 0.25) is 5.02 Å². The van der Waals surface area contributed by atoms with Crippen molar-refractivity contribution in [3.05, 3.63) is 70.7 Å². The molecule has 1 aliphatic rings. The minimum Gasteiger partial charge on any atom is -0.317 e. The quantitative estimate of drug-likeness (QED) is 0.865. The third-order valence-corrected chi connectivity index (χ3v) is 4.43. The van der Waals surface area contributed by atoms with E-state index in [4.69, 9.17) is 11.6 Å². The van der Waals surface area contributed by atoms with Crippen LogP contribution in [0, 0.1) is 0 Å². The Morgan fingerprint density at radius 2 is 1.35 bits per heavy atom. The Labute approximate surface area is 131 Å². The van der Waals surface area contributed by atoms with Crippen molar-refractivity contribution in [2.75, 3.05) is 13.1 Å². The van der Waals surface area contributed by atoms with Crippen LogP contribution in [-0.4, -0.2) is 13.1 Å². The molecule has 1 saturated heterocycles. The summed E-state index contributed by atoms with van der Waals surface area (Å²) in [6.07, 6.45) is 2.28. The minimum absolute atomic E-state index is 0. The summed E-state index contributed by atoms with van der Waals surface area (Å²) in [5.41, 5.74) is 2.93. The van der Waals surface area contributed by atoms with Gasteiger partial charge in [0.25, 0.3) is 0 Å². The van der Waals surface area contributed by atoms with Crippen LogP contribution in [0.3, 0.4) is 0 Å². The second-order valence-electron chi connectivity index (χ2n) is 5.21. The predicted molar refractivity (Wildman–Crippen MR) is 88.0 cm³/mol. The van der Waals surface area contributed by atoms with Crippen molar-refractivity contribution in [2.45, 2.75) is 18.3 Å². The molecule has 106 valence electrons. The fourth-order valence-electron chi connectivity index (χ4n) is 3.12. The Morgan fingerprint density at radius 3 is 1.95 bits per heavy atom. The summed E-state index contributed by atoms with van der Waals surface area (Å²) in [5, 5.41) is 4.27. The molecular formula is C17H19Cl2N. The van der Waals surface area contributed by atoms with Gasteiger partial charge in [0.15, 0.2) is 0 Å². The summed E-state index contributed by atoms with van der Waals surface area (Å²) in [6, 6.07) is 19.2. The first-order valence-electron chi connectivity index (χ1n) is 6.84. The van der Waals surface area contributed by atoms with Gasteiger partial charge in [0.05, 0.1) is 0 Å². The highest BCUT2D eigenvalue weighted by atomic mass is 35.5. The third-order valence-electron chi connectivity index (χ3n) is 4.18. The Bertz CT molecular complexity index is 531. The van der Waals surface area contributed by atoms with Gasteiger partial charge >= 0.3 is 0 Å². The molecular weight excluding hydrogens is 289 g/mol. The van der Waals surface area contributed by atoms with E-state index in [-0.39, 0.29) is 17.8 Å². The number of benzene rings is 2. The van der Waals surface area contributed by atoms with Crippen molar-refractivity contribution in [3.63, 3.8) is 0 Å². The lowest BCUT2D eigenvalue weighted by Crippen LogP contribution is -2.40. The highest BCUT2D eigenvalue weighted by Gasteiger charge is 2.35. The Hall–Kier alpha value is -1.02. The number of hydrogen-bond acceptors (Lipinski definition) is 1. The zero-order valence-electron chi connectivity index (χ0n) is 11.3. The molecule has 0 aromatic heterocycles. The first-order chi connectivity index (χ1) is 9.31. The van der Waals surface area contributed by atoms with Gasteiger partial charge in [-0.15, -0.1) is 12.4 Å². The van der Waals surface area contributed by atoms with E-state index in [2.05, 4.69) is 47.8 Å². The molecule has 0 aliphatic carbocycles. The van der Waals surface area contributed by atoms with Crippen LogP contribution < -0.4 is 5.32 Å². The van der Waals surface area contributed by atoms with Crippen LogP contribution in [0.5, 0.6) is 0 Å². The van der Waals surface area contributed by atoms with Gasteiger partial charge in [-0.25, -0.2) is 0 Å². The molecule has 0 atom stereocenters. The van der Waals surface area contributed by atoms with E-state index in [1.54, 1.807) is 0 Å². The second kappa shape index (κ2) is 6.62. The molecule has 0 radical (unpaired) electrons. The van der Waals surface area contributed by atoms with Crippen molar-refractivity contribution < 1.29 is 0 Å². The van der Waals surface area contributed by atoms with Crippen molar-refractivity contribution in [2.24, 2.45) is 0 Å². The molecule has 1 aliphatic heterocycles. The van der Waals surface area contributed by atoms with Gasteiger partial charge in [-0.2, -0.15) is 0 Å². The van der Waals surface area contributed by atoms with Gasteiger partial charge in [0, 0.05) is 10.4 Å². The first-order valence-corrected chi connectivity index (χ1v) is 7.21. The Kier molecular flexibility index (Phi) is 5.09. The van der Waals surface area contributed by atoms with Crippen molar-refractivity contribution in [3.8, 4) is 0 Å². The molecule has 3 rings (SSSR count). The van der Waals surface area contributed by atoms with Gasteiger partial charge in [0.1, 0.15) is 0 Å². The van der Waals surface area contributed by atoms with Gasteiger partial charge in [-0.1, -0.05) is 54.1 Å². The summed E-state index contributed by atoms with van der Waals surface area (Å²) in [5.74, 6) is 0. The van der Waals surface area contributed by atoms with Gasteiger partial charge in [-0.3, -0.25) is 0 Å². The SMILES string of the molecule is Cl.Clc1ccc(C2(c3ccccc3)CCNCC2)cc1. The molecule has 1 nitrogen and oxygen atoms in total. The van der Waals surface area contributed by atoms with E-state index in [0.717, 1.165) is 31.0 Å². The topological polar surface area (TPSA) is 12.0 Å². The van der Waals surface area contributed by atoms with E-state index in [0.29, 0.717) is 0 Å². The first kappa shape index (κ1) is 15.4. The molecule has 1 N–H and O–H groups in total. The number of nitrogens with one attached hydrogen (secondary N) is 1. The van der Waals surface area contributed by atoms with Crippen LogP contribution >= 0.6 is 24.0 Å². The van der Waals surface area contributed by atoms with Gasteiger partial charge in [-0.05, 0) is 49.2 Å². The summed E-state index contributed by atoms with van der Waals surface area (Å²) in [4.78, 5) is 0. The minimum atomic E-state index is 0. The highest BCUT2D eigenvalue weighted by molar-refractivity contribution is 6.30. The summed E-state index contributed by atoms with van der Waals surface area (Å²) >= 11 is 6.03. The van der Waals surface area contributed by atoms with Crippen LogP contribution in [0.25, 0.3) is 0 Å². The summed E-state index contributed by atoms with van der Waals surface area (Å²) < 4.78 is 0. The maximum Gasteiger partial charge on any atom is 0.0406 e. The average Bonchev–Trinajstić information content (AvgIpc) is 2.49. The fraction of sp³-hybridized carbons (Fsp3) is 0.294. The number of hydrogen-bond donors (Lipinski definition) is 1. The van der Waals surface area contributed by atoms with E-state index >= 15 is 0 Å². The van der Waals surface area contributed by atoms with Crippen molar-refractivity contribution in [1.29, 1.82) is 0 Å². The molecule has 3 heteroatoms. The second-order valence-corrected chi connectivity index (χ2v) is 5.64. The van der Waals surface area contributed by atoms with Crippen LogP contribution in [0.4, 0.5) is 0 Å². The van der Waals surface area contributed by atoms with E-state index in [9.17, 15) is 0 Å². The number of rotatable bonds is 2. The maximum absolute atomic E-state index is 6.03. The normalized spacial score (nSPS) is 17.2. The standard InChI is InChI=1S/C17H18ClN.ClH/c18-16-8-6-15(7-9-16)17(10-12-19-13-11-17)14-4-2-1-3-5-14;/h1-9,19H,10-13H2;1H. The Balaban J connectivity index is 0.00000147. The molecule has 0 unspecified atom stereocenters. The zero-order valence-corrected chi connectivity index (χ0v) is 12.9. The van der Waals surface area contributed by atoms with Gasteiger partial charge < -0.3 is 5.32 Å². The Morgan fingerprint density at radius 1 is 0.800 bits per heavy atom. The average molecular weight is 308 g/mol. The largest absolute Gasteiger partial charge is 0.317 e. The zero-order chi connectivity index (χ0) is 13.1. The molecule has 2 aromatic carbocycles. The molecule has 1 fully saturated rings. The van der Waals surface area contributed by atoms with E-state index in [1.807, 2.05) is 12.1 Å². The van der Waals surface area contributed by atoms with Crippen LogP contribution in [0.15, 0.2) is 54.6 Å². The van der Waals surface area contributed by atoms with E-state index < -0.39 is 0 Å². The summed E-state index contributed by atoms with van der Waals surface area (Å²) in [7, 11) is 0. The smallest absolute Gasteiger partial charge is 0.0406 e. The monoisotopic (exact) mass is 307 g/mol. The molecule has 0 bridgehead atoms.